The summed E-state index contributed by atoms with van der Waals surface area (Å²) in [6, 6.07) is 10.4. The first-order chi connectivity index (χ1) is 10.2. The minimum atomic E-state index is -0.393. The molecule has 0 saturated heterocycles. The Labute approximate surface area is 127 Å². The SMILES string of the molecule is COc1ccccc1/C=C/NC(=O)Nc1ccc(Cl)cn1. The van der Waals surface area contributed by atoms with Crippen LogP contribution in [-0.4, -0.2) is 18.1 Å². The van der Waals surface area contributed by atoms with E-state index in [0.717, 1.165) is 11.3 Å². The Morgan fingerprint density at radius 3 is 2.81 bits per heavy atom. The largest absolute Gasteiger partial charge is 0.496 e. The first-order valence-electron chi connectivity index (χ1n) is 6.17. The number of nitrogens with one attached hydrogen (secondary N) is 2. The van der Waals surface area contributed by atoms with E-state index in [-0.39, 0.29) is 0 Å². The van der Waals surface area contributed by atoms with Gasteiger partial charge in [0, 0.05) is 18.0 Å². The van der Waals surface area contributed by atoms with Gasteiger partial charge < -0.3 is 10.1 Å². The molecule has 2 N–H and O–H groups in total. The molecule has 2 aromatic rings. The Balaban J connectivity index is 1.91. The lowest BCUT2D eigenvalue weighted by atomic mass is 10.2. The van der Waals surface area contributed by atoms with Gasteiger partial charge in [-0.15, -0.1) is 0 Å². The van der Waals surface area contributed by atoms with E-state index in [9.17, 15) is 4.79 Å². The second-order valence-corrected chi connectivity index (χ2v) is 4.47. The van der Waals surface area contributed by atoms with Crippen molar-refractivity contribution >= 4 is 29.5 Å². The summed E-state index contributed by atoms with van der Waals surface area (Å²) in [4.78, 5) is 15.6. The summed E-state index contributed by atoms with van der Waals surface area (Å²) in [5, 5.41) is 5.68. The molecular weight excluding hydrogens is 290 g/mol. The summed E-state index contributed by atoms with van der Waals surface area (Å²) in [5.41, 5.74) is 0.866. The van der Waals surface area contributed by atoms with Crippen LogP contribution in [0.2, 0.25) is 5.02 Å². The lowest BCUT2D eigenvalue weighted by molar-refractivity contribution is 0.255. The second kappa shape index (κ2) is 7.31. The number of hydrogen-bond donors (Lipinski definition) is 2. The van der Waals surface area contributed by atoms with Gasteiger partial charge in [-0.1, -0.05) is 29.8 Å². The Bertz CT molecular complexity index is 642. The molecule has 0 aliphatic rings. The summed E-state index contributed by atoms with van der Waals surface area (Å²) >= 11 is 5.71. The Hall–Kier alpha value is -2.53. The zero-order chi connectivity index (χ0) is 15.1. The van der Waals surface area contributed by atoms with E-state index in [0.29, 0.717) is 10.8 Å². The normalized spacial score (nSPS) is 10.4. The van der Waals surface area contributed by atoms with Gasteiger partial charge in [0.25, 0.3) is 0 Å². The van der Waals surface area contributed by atoms with Crippen molar-refractivity contribution in [3.8, 4) is 5.75 Å². The second-order valence-electron chi connectivity index (χ2n) is 4.04. The number of pyridine rings is 1. The van der Waals surface area contributed by atoms with Crippen molar-refractivity contribution < 1.29 is 9.53 Å². The third-order valence-corrected chi connectivity index (χ3v) is 2.81. The maximum absolute atomic E-state index is 11.7. The number of methoxy groups -OCH3 is 1. The van der Waals surface area contributed by atoms with E-state index >= 15 is 0 Å². The van der Waals surface area contributed by atoms with Gasteiger partial charge in [0.15, 0.2) is 0 Å². The van der Waals surface area contributed by atoms with Gasteiger partial charge in [0.05, 0.1) is 12.1 Å². The number of ether oxygens (including phenoxy) is 1. The fourth-order valence-corrected chi connectivity index (χ4v) is 1.73. The van der Waals surface area contributed by atoms with Gasteiger partial charge in [-0.25, -0.2) is 9.78 Å². The minimum absolute atomic E-state index is 0.393. The summed E-state index contributed by atoms with van der Waals surface area (Å²) in [6.45, 7) is 0. The molecule has 0 fully saturated rings. The van der Waals surface area contributed by atoms with E-state index in [1.54, 1.807) is 25.3 Å². The van der Waals surface area contributed by atoms with Crippen molar-refractivity contribution in [2.24, 2.45) is 0 Å². The van der Waals surface area contributed by atoms with Gasteiger partial charge in [-0.2, -0.15) is 0 Å². The molecule has 0 bridgehead atoms. The molecule has 0 aliphatic carbocycles. The highest BCUT2D eigenvalue weighted by Crippen LogP contribution is 2.18. The van der Waals surface area contributed by atoms with Gasteiger partial charge in [-0.3, -0.25) is 5.32 Å². The molecule has 0 aliphatic heterocycles. The van der Waals surface area contributed by atoms with E-state index in [1.165, 1.54) is 12.4 Å². The van der Waals surface area contributed by atoms with Crippen molar-refractivity contribution in [2.45, 2.75) is 0 Å². The fraction of sp³-hybridized carbons (Fsp3) is 0.0667. The quantitative estimate of drug-likeness (QED) is 0.908. The fourth-order valence-electron chi connectivity index (χ4n) is 1.61. The van der Waals surface area contributed by atoms with Crippen molar-refractivity contribution in [1.29, 1.82) is 0 Å². The molecule has 1 aromatic carbocycles. The Kier molecular flexibility index (Phi) is 5.17. The number of hydrogen-bond acceptors (Lipinski definition) is 3. The van der Waals surface area contributed by atoms with Gasteiger partial charge in [-0.05, 0) is 24.3 Å². The monoisotopic (exact) mass is 303 g/mol. The first-order valence-corrected chi connectivity index (χ1v) is 6.55. The van der Waals surface area contributed by atoms with E-state index in [1.807, 2.05) is 24.3 Å². The van der Waals surface area contributed by atoms with Gasteiger partial charge in [0.1, 0.15) is 11.6 Å². The smallest absolute Gasteiger partial charge is 0.324 e. The minimum Gasteiger partial charge on any atom is -0.496 e. The summed E-state index contributed by atoms with van der Waals surface area (Å²) in [7, 11) is 1.60. The summed E-state index contributed by atoms with van der Waals surface area (Å²) < 4.78 is 5.21. The standard InChI is InChI=1S/C15H14ClN3O2/c1-21-13-5-3-2-4-11(13)8-9-17-15(20)19-14-7-6-12(16)10-18-14/h2-10H,1H3,(H2,17,18,19,20)/b9-8+. The zero-order valence-electron chi connectivity index (χ0n) is 11.3. The van der Waals surface area contributed by atoms with Crippen molar-refractivity contribution in [3.63, 3.8) is 0 Å². The number of carbonyl (C=O) groups is 1. The lowest BCUT2D eigenvalue weighted by Crippen LogP contribution is -2.24. The van der Waals surface area contributed by atoms with Crippen LogP contribution >= 0.6 is 11.6 Å². The average molecular weight is 304 g/mol. The topological polar surface area (TPSA) is 63.2 Å². The Morgan fingerprint density at radius 1 is 1.29 bits per heavy atom. The molecule has 0 atom stereocenters. The number of para-hydroxylation sites is 1. The highest BCUT2D eigenvalue weighted by atomic mass is 35.5. The molecule has 1 heterocycles. The molecule has 0 spiro atoms. The van der Waals surface area contributed by atoms with Gasteiger partial charge in [0.2, 0.25) is 0 Å². The molecule has 1 aromatic heterocycles. The van der Waals surface area contributed by atoms with Crippen LogP contribution in [0.1, 0.15) is 5.56 Å². The highest BCUT2D eigenvalue weighted by Gasteiger charge is 2.01. The third-order valence-electron chi connectivity index (χ3n) is 2.59. The molecule has 2 amide bonds. The molecule has 2 rings (SSSR count). The molecule has 0 saturated carbocycles. The van der Waals surface area contributed by atoms with E-state index in [2.05, 4.69) is 15.6 Å². The molecule has 21 heavy (non-hydrogen) atoms. The summed E-state index contributed by atoms with van der Waals surface area (Å²) in [5.74, 6) is 1.15. The predicted molar refractivity (Wildman–Crippen MR) is 83.4 cm³/mol. The maximum Gasteiger partial charge on any atom is 0.324 e. The average Bonchev–Trinajstić information content (AvgIpc) is 2.50. The van der Waals surface area contributed by atoms with Crippen LogP contribution in [-0.2, 0) is 0 Å². The van der Waals surface area contributed by atoms with Crippen LogP contribution in [0.25, 0.3) is 6.08 Å². The maximum atomic E-state index is 11.7. The molecule has 0 radical (unpaired) electrons. The number of nitrogens with zero attached hydrogens (tertiary/aromatic N) is 1. The predicted octanol–water partition coefficient (Wildman–Crippen LogP) is 3.54. The molecule has 6 heteroatoms. The lowest BCUT2D eigenvalue weighted by Gasteiger charge is -2.05. The highest BCUT2D eigenvalue weighted by molar-refractivity contribution is 6.30. The number of amides is 2. The number of rotatable bonds is 4. The van der Waals surface area contributed by atoms with Crippen LogP contribution in [0.5, 0.6) is 5.75 Å². The van der Waals surface area contributed by atoms with Crippen LogP contribution < -0.4 is 15.4 Å². The van der Waals surface area contributed by atoms with Crippen LogP contribution in [0.15, 0.2) is 48.8 Å². The van der Waals surface area contributed by atoms with Crippen LogP contribution in [0, 0.1) is 0 Å². The zero-order valence-corrected chi connectivity index (χ0v) is 12.1. The number of aromatic nitrogens is 1. The van der Waals surface area contributed by atoms with Crippen LogP contribution in [0.4, 0.5) is 10.6 Å². The molecule has 0 unspecified atom stereocenters. The van der Waals surface area contributed by atoms with Crippen molar-refractivity contribution in [2.75, 3.05) is 12.4 Å². The van der Waals surface area contributed by atoms with Crippen LogP contribution in [0.3, 0.4) is 0 Å². The number of benzene rings is 1. The van der Waals surface area contributed by atoms with E-state index < -0.39 is 6.03 Å². The molecule has 5 nitrogen and oxygen atoms in total. The number of urea groups is 1. The number of carbonyl (C=O) groups excluding carboxylic acids is 1. The number of halogens is 1. The Morgan fingerprint density at radius 2 is 2.10 bits per heavy atom. The van der Waals surface area contributed by atoms with Crippen molar-refractivity contribution in [1.82, 2.24) is 10.3 Å². The first kappa shape index (κ1) is 14.9. The molecule has 108 valence electrons. The molecular formula is C15H14ClN3O2. The number of anilines is 1. The van der Waals surface area contributed by atoms with Gasteiger partial charge >= 0.3 is 6.03 Å². The summed E-state index contributed by atoms with van der Waals surface area (Å²) in [6.07, 6.45) is 4.73. The van der Waals surface area contributed by atoms with Crippen molar-refractivity contribution in [3.05, 3.63) is 59.4 Å². The third kappa shape index (κ3) is 4.50. The van der Waals surface area contributed by atoms with E-state index in [4.69, 9.17) is 16.3 Å².